The lowest BCUT2D eigenvalue weighted by Crippen LogP contribution is -2.29. The van der Waals surface area contributed by atoms with Gasteiger partial charge < -0.3 is 20.1 Å². The first kappa shape index (κ1) is 49.5. The number of carbonyl (C=O) groups is 2. The van der Waals surface area contributed by atoms with Crippen molar-refractivity contribution in [2.24, 2.45) is 5.73 Å². The molecule has 2 atom stereocenters. The number of hydrogen-bond acceptors (Lipinski definition) is 8. The van der Waals surface area contributed by atoms with Gasteiger partial charge in [-0.2, -0.15) is 0 Å². The second kappa shape index (κ2) is 38.2. The molecule has 0 spiro atoms. The van der Waals surface area contributed by atoms with Gasteiger partial charge in [-0.05, 0) is 64.2 Å². The molecule has 51 heavy (non-hydrogen) atoms. The lowest BCUT2D eigenvalue weighted by atomic mass is 10.1. The van der Waals surface area contributed by atoms with E-state index in [1.54, 1.807) is 0 Å². The van der Waals surface area contributed by atoms with Crippen LogP contribution in [-0.2, 0) is 32.7 Å². The van der Waals surface area contributed by atoms with Gasteiger partial charge in [0.05, 0.1) is 13.2 Å². The molecule has 0 fully saturated rings. The van der Waals surface area contributed by atoms with E-state index in [1.165, 1.54) is 103 Å². The monoisotopic (exact) mass is 744 g/mol. The quantitative estimate of drug-likeness (QED) is 0.0273. The van der Waals surface area contributed by atoms with Crippen LogP contribution in [0.5, 0.6) is 0 Å². The zero-order chi connectivity index (χ0) is 37.5. The third-order valence-electron chi connectivity index (χ3n) is 8.81. The van der Waals surface area contributed by atoms with E-state index in [1.807, 2.05) is 0 Å². The van der Waals surface area contributed by atoms with Crippen molar-refractivity contribution in [3.63, 3.8) is 0 Å². The molecule has 0 aromatic heterocycles. The molecular formula is C41H78NO8P. The summed E-state index contributed by atoms with van der Waals surface area (Å²) in [5.41, 5.74) is 5.34. The number of esters is 2. The Kier molecular flexibility index (Phi) is 37.1. The maximum Gasteiger partial charge on any atom is 0.472 e. The number of rotatable bonds is 39. The first-order chi connectivity index (χ1) is 24.8. The lowest BCUT2D eigenvalue weighted by Gasteiger charge is -2.19. The van der Waals surface area contributed by atoms with Crippen LogP contribution in [0, 0.1) is 0 Å². The van der Waals surface area contributed by atoms with Crippen LogP contribution in [0.1, 0.15) is 194 Å². The summed E-state index contributed by atoms with van der Waals surface area (Å²) < 4.78 is 32.7. The third kappa shape index (κ3) is 38.0. The fourth-order valence-corrected chi connectivity index (χ4v) is 6.45. The zero-order valence-electron chi connectivity index (χ0n) is 32.8. The Morgan fingerprint density at radius 1 is 0.569 bits per heavy atom. The summed E-state index contributed by atoms with van der Waals surface area (Å²) in [6.45, 7) is 3.70. The highest BCUT2D eigenvalue weighted by Gasteiger charge is 2.26. The van der Waals surface area contributed by atoms with Crippen molar-refractivity contribution < 1.29 is 37.6 Å². The summed E-state index contributed by atoms with van der Waals surface area (Å²) in [5.74, 6) is -0.835. The van der Waals surface area contributed by atoms with Gasteiger partial charge in [-0.15, -0.1) is 0 Å². The molecule has 0 aliphatic carbocycles. The fourth-order valence-electron chi connectivity index (χ4n) is 5.68. The van der Waals surface area contributed by atoms with Gasteiger partial charge in [0, 0.05) is 19.4 Å². The fraction of sp³-hybridized carbons (Fsp3) is 0.854. The molecule has 0 aliphatic heterocycles. The number of allylic oxidation sites excluding steroid dienone is 4. The average Bonchev–Trinajstić information content (AvgIpc) is 3.11. The van der Waals surface area contributed by atoms with Crippen LogP contribution in [-0.4, -0.2) is 49.3 Å². The van der Waals surface area contributed by atoms with Gasteiger partial charge in [-0.1, -0.05) is 141 Å². The van der Waals surface area contributed by atoms with Gasteiger partial charge in [0.1, 0.15) is 6.61 Å². The minimum Gasteiger partial charge on any atom is -0.462 e. The zero-order valence-corrected chi connectivity index (χ0v) is 33.7. The Hall–Kier alpha value is -1.51. The molecule has 0 aliphatic rings. The summed E-state index contributed by atoms with van der Waals surface area (Å²) >= 11 is 0. The molecule has 1 unspecified atom stereocenters. The van der Waals surface area contributed by atoms with Crippen LogP contribution < -0.4 is 5.73 Å². The van der Waals surface area contributed by atoms with Crippen molar-refractivity contribution in [1.82, 2.24) is 0 Å². The normalized spacial score (nSPS) is 13.6. The SMILES string of the molecule is CCCCCC/C=C/CCCCCCCCCC(=O)OC[C@H](COP(=O)(O)OCCN)OC(=O)CCCCCCCCC/C=C/CCCCCC. The summed E-state index contributed by atoms with van der Waals surface area (Å²) in [7, 11) is -4.37. The maximum atomic E-state index is 12.6. The van der Waals surface area contributed by atoms with Crippen LogP contribution in [0.2, 0.25) is 0 Å². The molecule has 0 aromatic carbocycles. The number of carbonyl (C=O) groups excluding carboxylic acids is 2. The molecular weight excluding hydrogens is 665 g/mol. The van der Waals surface area contributed by atoms with Crippen LogP contribution in [0.15, 0.2) is 24.3 Å². The molecule has 0 radical (unpaired) electrons. The van der Waals surface area contributed by atoms with Crippen molar-refractivity contribution in [1.29, 1.82) is 0 Å². The Bertz CT molecular complexity index is 897. The van der Waals surface area contributed by atoms with Crippen molar-refractivity contribution >= 4 is 19.8 Å². The molecule has 3 N–H and O–H groups in total. The number of nitrogens with two attached hydrogens (primary N) is 1. The lowest BCUT2D eigenvalue weighted by molar-refractivity contribution is -0.161. The van der Waals surface area contributed by atoms with Crippen LogP contribution in [0.3, 0.4) is 0 Å². The predicted octanol–water partition coefficient (Wildman–Crippen LogP) is 11.6. The summed E-state index contributed by atoms with van der Waals surface area (Å²) in [6, 6.07) is 0. The van der Waals surface area contributed by atoms with E-state index >= 15 is 0 Å². The molecule has 0 bridgehead atoms. The van der Waals surface area contributed by atoms with Gasteiger partial charge in [-0.3, -0.25) is 18.6 Å². The standard InChI is InChI=1S/C41H78NO8P/c1-3-5-7-9-11-13-15-17-19-21-23-25-27-29-31-33-40(43)47-37-39(38-49-51(45,46)48-36-35-42)50-41(44)34-32-30-28-26-24-22-20-18-16-14-12-10-8-6-4-2/h13-16,39H,3-12,17-38,42H2,1-2H3,(H,45,46)/b15-13+,16-14+/t39-/m1/s1. The van der Waals surface area contributed by atoms with Gasteiger partial charge in [0.2, 0.25) is 0 Å². The summed E-state index contributed by atoms with van der Waals surface area (Å²) in [4.78, 5) is 34.8. The van der Waals surface area contributed by atoms with Crippen molar-refractivity contribution in [2.75, 3.05) is 26.4 Å². The second-order valence-corrected chi connectivity index (χ2v) is 15.3. The number of phosphoric ester groups is 1. The molecule has 0 heterocycles. The van der Waals surface area contributed by atoms with E-state index in [0.29, 0.717) is 6.42 Å². The largest absolute Gasteiger partial charge is 0.472 e. The van der Waals surface area contributed by atoms with E-state index in [9.17, 15) is 19.0 Å². The van der Waals surface area contributed by atoms with Gasteiger partial charge in [0.25, 0.3) is 0 Å². The third-order valence-corrected chi connectivity index (χ3v) is 9.79. The minimum atomic E-state index is -4.37. The predicted molar refractivity (Wildman–Crippen MR) is 211 cm³/mol. The molecule has 10 heteroatoms. The molecule has 300 valence electrons. The van der Waals surface area contributed by atoms with E-state index in [0.717, 1.165) is 57.8 Å². The number of ether oxygens (including phenoxy) is 2. The number of unbranched alkanes of at least 4 members (excludes halogenated alkanes) is 22. The Labute approximate surface area is 312 Å². The highest BCUT2D eigenvalue weighted by atomic mass is 31.2. The van der Waals surface area contributed by atoms with Gasteiger partial charge in [0.15, 0.2) is 6.10 Å². The molecule has 0 saturated heterocycles. The molecule has 0 saturated carbocycles. The van der Waals surface area contributed by atoms with Crippen LogP contribution in [0.4, 0.5) is 0 Å². The smallest absolute Gasteiger partial charge is 0.462 e. The molecule has 9 nitrogen and oxygen atoms in total. The van der Waals surface area contributed by atoms with E-state index < -0.39 is 26.5 Å². The Morgan fingerprint density at radius 3 is 1.39 bits per heavy atom. The van der Waals surface area contributed by atoms with E-state index in [-0.39, 0.29) is 38.6 Å². The highest BCUT2D eigenvalue weighted by Crippen LogP contribution is 2.43. The van der Waals surface area contributed by atoms with Crippen molar-refractivity contribution in [3.8, 4) is 0 Å². The highest BCUT2D eigenvalue weighted by molar-refractivity contribution is 7.47. The summed E-state index contributed by atoms with van der Waals surface area (Å²) in [5, 5.41) is 0. The number of hydrogen-bond donors (Lipinski definition) is 2. The molecule has 0 aromatic rings. The summed E-state index contributed by atoms with van der Waals surface area (Å²) in [6.07, 6.45) is 39.1. The van der Waals surface area contributed by atoms with Gasteiger partial charge in [-0.25, -0.2) is 4.57 Å². The maximum absolute atomic E-state index is 12.6. The van der Waals surface area contributed by atoms with Crippen molar-refractivity contribution in [3.05, 3.63) is 24.3 Å². The van der Waals surface area contributed by atoms with Crippen LogP contribution in [0.25, 0.3) is 0 Å². The first-order valence-corrected chi connectivity index (χ1v) is 22.3. The Morgan fingerprint density at radius 2 is 0.961 bits per heavy atom. The van der Waals surface area contributed by atoms with E-state index in [4.69, 9.17) is 24.3 Å². The topological polar surface area (TPSA) is 134 Å². The minimum absolute atomic E-state index is 0.0530. The van der Waals surface area contributed by atoms with Crippen LogP contribution >= 0.6 is 7.82 Å². The van der Waals surface area contributed by atoms with Gasteiger partial charge >= 0.3 is 19.8 Å². The average molecular weight is 744 g/mol. The van der Waals surface area contributed by atoms with Crippen molar-refractivity contribution in [2.45, 2.75) is 200 Å². The first-order valence-electron chi connectivity index (χ1n) is 20.8. The van der Waals surface area contributed by atoms with E-state index in [2.05, 4.69) is 38.2 Å². The molecule has 0 rings (SSSR count). The molecule has 0 amide bonds. The second-order valence-electron chi connectivity index (χ2n) is 13.8. The number of phosphoric acid groups is 1. The Balaban J connectivity index is 4.18.